The number of nitrogens with zero attached hydrogens (tertiary/aromatic N) is 5. The number of imidazole rings is 1. The van der Waals surface area contributed by atoms with E-state index >= 15 is 0 Å². The molecular formula is C20H29N5O. The summed E-state index contributed by atoms with van der Waals surface area (Å²) in [4.78, 5) is 12.3. The summed E-state index contributed by atoms with van der Waals surface area (Å²) in [7, 11) is 2.20. The van der Waals surface area contributed by atoms with Crippen LogP contribution in [-0.4, -0.2) is 31.1 Å². The molecular weight excluding hydrogens is 326 g/mol. The number of rotatable bonds is 4. The van der Waals surface area contributed by atoms with Crippen molar-refractivity contribution in [3.63, 3.8) is 0 Å². The smallest absolute Gasteiger partial charge is 0.240 e. The van der Waals surface area contributed by atoms with Gasteiger partial charge in [0.25, 0.3) is 0 Å². The van der Waals surface area contributed by atoms with Crippen LogP contribution in [0.5, 0.6) is 0 Å². The van der Waals surface area contributed by atoms with Gasteiger partial charge >= 0.3 is 0 Å². The van der Waals surface area contributed by atoms with Crippen molar-refractivity contribution in [2.24, 2.45) is 7.05 Å². The van der Waals surface area contributed by atoms with Crippen LogP contribution in [0.3, 0.4) is 0 Å². The first-order chi connectivity index (χ1) is 12.8. The monoisotopic (exact) mass is 355 g/mol. The van der Waals surface area contributed by atoms with Gasteiger partial charge in [-0.2, -0.15) is 4.98 Å². The van der Waals surface area contributed by atoms with E-state index in [4.69, 9.17) is 14.5 Å². The third-order valence-corrected chi connectivity index (χ3v) is 6.61. The normalized spacial score (nSPS) is 24.4. The molecule has 140 valence electrons. The van der Waals surface area contributed by atoms with Crippen LogP contribution in [-0.2, 0) is 26.4 Å². The number of fused-ring (bicyclic) bond motifs is 1. The van der Waals surface area contributed by atoms with Gasteiger partial charge in [0.2, 0.25) is 5.89 Å². The highest BCUT2D eigenvalue weighted by molar-refractivity contribution is 5.22. The molecule has 2 aromatic rings. The fourth-order valence-corrected chi connectivity index (χ4v) is 5.17. The molecule has 0 aromatic carbocycles. The molecule has 0 spiro atoms. The summed E-state index contributed by atoms with van der Waals surface area (Å²) in [6.07, 6.45) is 12.3. The number of hydrogen-bond donors (Lipinski definition) is 0. The third-order valence-electron chi connectivity index (χ3n) is 6.61. The van der Waals surface area contributed by atoms with E-state index in [0.29, 0.717) is 12.0 Å². The number of aromatic nitrogens is 4. The summed E-state index contributed by atoms with van der Waals surface area (Å²) in [6, 6.07) is 0.382. The van der Waals surface area contributed by atoms with Gasteiger partial charge in [-0.15, -0.1) is 0 Å². The Labute approximate surface area is 155 Å². The zero-order chi connectivity index (χ0) is 17.5. The zero-order valence-corrected chi connectivity index (χ0v) is 15.8. The molecule has 2 fully saturated rings. The van der Waals surface area contributed by atoms with Crippen molar-refractivity contribution in [1.29, 1.82) is 0 Å². The molecule has 5 rings (SSSR count). The molecule has 1 saturated carbocycles. The van der Waals surface area contributed by atoms with E-state index in [-0.39, 0.29) is 0 Å². The molecule has 1 aliphatic heterocycles. The first kappa shape index (κ1) is 16.5. The van der Waals surface area contributed by atoms with E-state index in [0.717, 1.165) is 31.2 Å². The van der Waals surface area contributed by atoms with Gasteiger partial charge in [0, 0.05) is 18.7 Å². The summed E-state index contributed by atoms with van der Waals surface area (Å²) in [6.45, 7) is 1.84. The standard InChI is InChI=1S/C20H29N5O/c1-24-16-10-5-4-9-15(16)21-20(24)17-11-6-12-25(17)13-18-22-19(23-26-18)14-7-2-3-8-14/h14,17H,2-13H2,1H3/t17-/m1/s1. The SMILES string of the molecule is Cn1c([C@H]2CCCN2Cc2nc(C3CCCC3)no2)nc2c1CCCC2. The Morgan fingerprint density at radius 1 is 1.00 bits per heavy atom. The molecule has 0 unspecified atom stereocenters. The fraction of sp³-hybridized carbons (Fsp3) is 0.750. The Balaban J connectivity index is 1.34. The molecule has 0 N–H and O–H groups in total. The summed E-state index contributed by atoms with van der Waals surface area (Å²) in [5, 5.41) is 4.28. The van der Waals surface area contributed by atoms with Crippen molar-refractivity contribution in [2.75, 3.05) is 6.54 Å². The highest BCUT2D eigenvalue weighted by Gasteiger charge is 2.33. The lowest BCUT2D eigenvalue weighted by Gasteiger charge is -2.22. The molecule has 3 heterocycles. The highest BCUT2D eigenvalue weighted by Crippen LogP contribution is 2.36. The maximum Gasteiger partial charge on any atom is 0.240 e. The minimum absolute atomic E-state index is 0.382. The van der Waals surface area contributed by atoms with Crippen LogP contribution in [0.15, 0.2) is 4.52 Å². The molecule has 2 aliphatic carbocycles. The van der Waals surface area contributed by atoms with Crippen LogP contribution in [0, 0.1) is 0 Å². The van der Waals surface area contributed by atoms with E-state index in [2.05, 4.69) is 21.7 Å². The lowest BCUT2D eigenvalue weighted by molar-refractivity contribution is 0.203. The van der Waals surface area contributed by atoms with Gasteiger partial charge in [0.1, 0.15) is 5.82 Å². The molecule has 1 saturated heterocycles. The Morgan fingerprint density at radius 2 is 1.85 bits per heavy atom. The first-order valence-corrected chi connectivity index (χ1v) is 10.4. The minimum atomic E-state index is 0.382. The van der Waals surface area contributed by atoms with Crippen LogP contribution in [0.4, 0.5) is 0 Å². The van der Waals surface area contributed by atoms with Crippen molar-refractivity contribution in [3.8, 4) is 0 Å². The molecule has 26 heavy (non-hydrogen) atoms. The van der Waals surface area contributed by atoms with Gasteiger partial charge in [0.15, 0.2) is 5.82 Å². The second-order valence-corrected chi connectivity index (χ2v) is 8.29. The summed E-state index contributed by atoms with van der Waals surface area (Å²) >= 11 is 0. The summed E-state index contributed by atoms with van der Waals surface area (Å²) < 4.78 is 7.98. The van der Waals surface area contributed by atoms with Crippen molar-refractivity contribution >= 4 is 0 Å². The number of hydrogen-bond acceptors (Lipinski definition) is 5. The van der Waals surface area contributed by atoms with Gasteiger partial charge in [0.05, 0.1) is 18.3 Å². The fourth-order valence-electron chi connectivity index (χ4n) is 5.17. The predicted molar refractivity (Wildman–Crippen MR) is 97.7 cm³/mol. The first-order valence-electron chi connectivity index (χ1n) is 10.4. The van der Waals surface area contributed by atoms with Gasteiger partial charge in [-0.1, -0.05) is 18.0 Å². The second-order valence-electron chi connectivity index (χ2n) is 8.29. The lowest BCUT2D eigenvalue weighted by Crippen LogP contribution is -2.25. The number of likely N-dealkylation sites (tertiary alicyclic amines) is 1. The van der Waals surface area contributed by atoms with E-state index < -0.39 is 0 Å². The minimum Gasteiger partial charge on any atom is -0.338 e. The van der Waals surface area contributed by atoms with Gasteiger partial charge < -0.3 is 9.09 Å². The Bertz CT molecular complexity index is 773. The Morgan fingerprint density at radius 3 is 2.69 bits per heavy atom. The maximum absolute atomic E-state index is 5.60. The van der Waals surface area contributed by atoms with E-state index in [1.54, 1.807) is 0 Å². The van der Waals surface area contributed by atoms with Crippen LogP contribution >= 0.6 is 0 Å². The molecule has 1 atom stereocenters. The van der Waals surface area contributed by atoms with Crippen molar-refractivity contribution in [2.45, 2.75) is 82.7 Å². The van der Waals surface area contributed by atoms with E-state index in [9.17, 15) is 0 Å². The summed E-state index contributed by atoms with van der Waals surface area (Å²) in [5.41, 5.74) is 2.79. The zero-order valence-electron chi connectivity index (χ0n) is 15.8. The van der Waals surface area contributed by atoms with E-state index in [1.165, 1.54) is 75.0 Å². The highest BCUT2D eigenvalue weighted by atomic mass is 16.5. The average molecular weight is 355 g/mol. The Kier molecular flexibility index (Phi) is 4.31. The van der Waals surface area contributed by atoms with Gasteiger partial charge in [-0.05, 0) is 57.9 Å². The molecule has 6 heteroatoms. The second kappa shape index (κ2) is 6.80. The molecule has 0 bridgehead atoms. The largest absolute Gasteiger partial charge is 0.338 e. The van der Waals surface area contributed by atoms with Crippen molar-refractivity contribution < 1.29 is 4.52 Å². The van der Waals surface area contributed by atoms with Crippen molar-refractivity contribution in [3.05, 3.63) is 28.9 Å². The Hall–Kier alpha value is -1.69. The number of aryl methyl sites for hydroxylation is 1. The van der Waals surface area contributed by atoms with E-state index in [1.807, 2.05) is 0 Å². The molecule has 0 amide bonds. The predicted octanol–water partition coefficient (Wildman–Crippen LogP) is 3.68. The maximum atomic E-state index is 5.60. The molecule has 0 radical (unpaired) electrons. The van der Waals surface area contributed by atoms with Gasteiger partial charge in [-0.3, -0.25) is 4.90 Å². The lowest BCUT2D eigenvalue weighted by atomic mass is 10.0. The van der Waals surface area contributed by atoms with Crippen LogP contribution in [0.1, 0.15) is 92.3 Å². The molecule has 3 aliphatic rings. The van der Waals surface area contributed by atoms with Crippen LogP contribution < -0.4 is 0 Å². The topological polar surface area (TPSA) is 60.0 Å². The molecule has 6 nitrogen and oxygen atoms in total. The van der Waals surface area contributed by atoms with Crippen LogP contribution in [0.25, 0.3) is 0 Å². The average Bonchev–Trinajstić information content (AvgIpc) is 3.42. The summed E-state index contributed by atoms with van der Waals surface area (Å²) in [5.74, 6) is 3.46. The molecule has 2 aromatic heterocycles. The quantitative estimate of drug-likeness (QED) is 0.837. The van der Waals surface area contributed by atoms with Gasteiger partial charge in [-0.25, -0.2) is 4.98 Å². The van der Waals surface area contributed by atoms with Crippen LogP contribution in [0.2, 0.25) is 0 Å². The third kappa shape index (κ3) is 2.88. The van der Waals surface area contributed by atoms with Crippen molar-refractivity contribution in [1.82, 2.24) is 24.6 Å².